The highest BCUT2D eigenvalue weighted by molar-refractivity contribution is 7.90. The molecule has 11 heavy (non-hydrogen) atoms. The molecule has 0 bridgehead atoms. The van der Waals surface area contributed by atoms with E-state index in [1.165, 1.54) is 12.1 Å². The maximum atomic E-state index is 10.9. The smallest absolute Gasteiger partial charge is 0.178 e. The van der Waals surface area contributed by atoms with Crippen LogP contribution in [0.5, 0.6) is 0 Å². The van der Waals surface area contributed by atoms with Crippen LogP contribution in [0.4, 0.5) is 5.69 Å². The second-order valence-corrected chi connectivity index (χ2v) is 4.18. The lowest BCUT2D eigenvalue weighted by Gasteiger charge is -1.99. The maximum Gasteiger partial charge on any atom is 0.178 e. The molecule has 1 rings (SSSR count). The van der Waals surface area contributed by atoms with Gasteiger partial charge in [-0.05, 0) is 6.07 Å². The molecule has 0 saturated heterocycles. The van der Waals surface area contributed by atoms with Gasteiger partial charge in [0.05, 0.1) is 10.6 Å². The molecular weight excluding hydrogens is 162 g/mol. The van der Waals surface area contributed by atoms with Crippen molar-refractivity contribution in [3.8, 4) is 0 Å². The Morgan fingerprint density at radius 1 is 1.55 bits per heavy atom. The van der Waals surface area contributed by atoms with Crippen LogP contribution in [0.25, 0.3) is 0 Å². The molecule has 1 radical (unpaired) electrons. The second kappa shape index (κ2) is 2.54. The molecule has 0 unspecified atom stereocenters. The normalized spacial score (nSPS) is 11.4. The number of benzene rings is 1. The van der Waals surface area contributed by atoms with E-state index in [4.69, 9.17) is 5.73 Å². The summed E-state index contributed by atoms with van der Waals surface area (Å²) in [5.41, 5.74) is 5.64. The lowest BCUT2D eigenvalue weighted by atomic mass is 10.3. The van der Waals surface area contributed by atoms with Crippen LogP contribution in [0.15, 0.2) is 23.1 Å². The lowest BCUT2D eigenvalue weighted by Crippen LogP contribution is -2.01. The Morgan fingerprint density at radius 3 is 2.55 bits per heavy atom. The highest BCUT2D eigenvalue weighted by atomic mass is 32.2. The number of nitrogen functional groups attached to an aromatic ring is 1. The zero-order valence-electron chi connectivity index (χ0n) is 6.03. The van der Waals surface area contributed by atoms with Gasteiger partial charge < -0.3 is 5.73 Å². The number of hydrogen-bond acceptors (Lipinski definition) is 3. The first-order valence-electron chi connectivity index (χ1n) is 2.98. The van der Waals surface area contributed by atoms with Gasteiger partial charge in [0.15, 0.2) is 9.84 Å². The summed E-state index contributed by atoms with van der Waals surface area (Å²) in [5.74, 6) is 0. The number of hydrogen-bond donors (Lipinski definition) is 1. The minimum absolute atomic E-state index is 0.0694. The van der Waals surface area contributed by atoms with Crippen molar-refractivity contribution in [1.29, 1.82) is 0 Å². The third kappa shape index (κ3) is 1.71. The van der Waals surface area contributed by atoms with E-state index in [9.17, 15) is 8.42 Å². The fourth-order valence-electron chi connectivity index (χ4n) is 0.756. The van der Waals surface area contributed by atoms with Crippen LogP contribution in [0, 0.1) is 6.07 Å². The van der Waals surface area contributed by atoms with Gasteiger partial charge in [0.25, 0.3) is 0 Å². The van der Waals surface area contributed by atoms with Gasteiger partial charge in [0.1, 0.15) is 0 Å². The molecule has 1 aromatic rings. The number of sulfone groups is 1. The summed E-state index contributed by atoms with van der Waals surface area (Å²) in [4.78, 5) is 0.0694. The Bertz CT molecular complexity index is 356. The van der Waals surface area contributed by atoms with Gasteiger partial charge in [-0.15, -0.1) is 0 Å². The van der Waals surface area contributed by atoms with Crippen LogP contribution in [-0.2, 0) is 9.84 Å². The molecule has 0 atom stereocenters. The van der Waals surface area contributed by atoms with Crippen LogP contribution in [0.3, 0.4) is 0 Å². The highest BCUT2D eigenvalue weighted by Crippen LogP contribution is 2.15. The molecular formula is C7H8NO2S. The molecule has 0 heterocycles. The zero-order valence-corrected chi connectivity index (χ0v) is 6.85. The van der Waals surface area contributed by atoms with Gasteiger partial charge >= 0.3 is 0 Å². The first kappa shape index (κ1) is 8.07. The van der Waals surface area contributed by atoms with Crippen molar-refractivity contribution in [1.82, 2.24) is 0 Å². The maximum absolute atomic E-state index is 10.9. The van der Waals surface area contributed by atoms with E-state index in [0.29, 0.717) is 0 Å². The average Bonchev–Trinajstić information content (AvgIpc) is 1.86. The van der Waals surface area contributed by atoms with Crippen LogP contribution in [0.1, 0.15) is 0 Å². The summed E-state index contributed by atoms with van der Waals surface area (Å²) in [6.45, 7) is 0. The summed E-state index contributed by atoms with van der Waals surface area (Å²) in [6.07, 6.45) is 1.11. The summed E-state index contributed by atoms with van der Waals surface area (Å²) in [7, 11) is -3.21. The fourth-order valence-corrected chi connectivity index (χ4v) is 1.53. The Morgan fingerprint density at radius 2 is 2.18 bits per heavy atom. The SMILES string of the molecule is CS(=O)(=O)c1[c]cccc1N. The minimum Gasteiger partial charge on any atom is -0.398 e. The second-order valence-electron chi connectivity index (χ2n) is 2.23. The van der Waals surface area contributed by atoms with E-state index < -0.39 is 9.84 Å². The summed E-state index contributed by atoms with van der Waals surface area (Å²) < 4.78 is 21.9. The number of anilines is 1. The molecule has 0 fully saturated rings. The van der Waals surface area contributed by atoms with Gasteiger partial charge in [0, 0.05) is 12.3 Å². The molecule has 0 aliphatic carbocycles. The quantitative estimate of drug-likeness (QED) is 0.623. The van der Waals surface area contributed by atoms with Gasteiger partial charge in [-0.25, -0.2) is 8.42 Å². The van der Waals surface area contributed by atoms with Gasteiger partial charge in [-0.1, -0.05) is 12.1 Å². The lowest BCUT2D eigenvalue weighted by molar-refractivity contribution is 0.602. The van der Waals surface area contributed by atoms with E-state index in [0.717, 1.165) is 6.26 Å². The highest BCUT2D eigenvalue weighted by Gasteiger charge is 2.09. The predicted octanol–water partition coefficient (Wildman–Crippen LogP) is 0.472. The Balaban J connectivity index is 3.37. The van der Waals surface area contributed by atoms with Crippen molar-refractivity contribution >= 4 is 15.5 Å². The third-order valence-corrected chi connectivity index (χ3v) is 2.31. The average molecular weight is 170 g/mol. The molecule has 3 nitrogen and oxygen atoms in total. The molecule has 0 aliphatic rings. The molecule has 0 aliphatic heterocycles. The molecule has 0 saturated carbocycles. The molecule has 0 amide bonds. The summed E-state index contributed by atoms with van der Waals surface area (Å²) in [5, 5.41) is 0. The Kier molecular flexibility index (Phi) is 1.87. The Labute approximate surface area is 65.8 Å². The van der Waals surface area contributed by atoms with Crippen LogP contribution >= 0.6 is 0 Å². The van der Waals surface area contributed by atoms with Crippen LogP contribution < -0.4 is 5.73 Å². The Hall–Kier alpha value is -1.03. The molecule has 4 heteroatoms. The van der Waals surface area contributed by atoms with Crippen molar-refractivity contribution in [2.24, 2.45) is 0 Å². The summed E-state index contributed by atoms with van der Waals surface area (Å²) in [6, 6.07) is 7.26. The van der Waals surface area contributed by atoms with Gasteiger partial charge in [0.2, 0.25) is 0 Å². The van der Waals surface area contributed by atoms with Crippen molar-refractivity contribution in [3.63, 3.8) is 0 Å². The van der Waals surface area contributed by atoms with Crippen LogP contribution in [-0.4, -0.2) is 14.7 Å². The van der Waals surface area contributed by atoms with E-state index in [-0.39, 0.29) is 10.6 Å². The standard InChI is InChI=1S/C7H8NO2S/c1-11(9,10)7-5-3-2-4-6(7)8/h2-4H,8H2,1H3. The van der Waals surface area contributed by atoms with E-state index in [1.807, 2.05) is 0 Å². The first-order chi connectivity index (χ1) is 5.02. The zero-order chi connectivity index (χ0) is 8.48. The molecule has 0 aromatic heterocycles. The van der Waals surface area contributed by atoms with Crippen molar-refractivity contribution in [3.05, 3.63) is 24.3 Å². The topological polar surface area (TPSA) is 60.2 Å². The largest absolute Gasteiger partial charge is 0.398 e. The van der Waals surface area contributed by atoms with Crippen LogP contribution in [0.2, 0.25) is 0 Å². The minimum atomic E-state index is -3.21. The summed E-state index contributed by atoms with van der Waals surface area (Å²) >= 11 is 0. The van der Waals surface area contributed by atoms with E-state index >= 15 is 0 Å². The molecule has 1 aromatic carbocycles. The number of rotatable bonds is 1. The van der Waals surface area contributed by atoms with Crippen molar-refractivity contribution in [2.75, 3.05) is 12.0 Å². The van der Waals surface area contributed by atoms with Crippen molar-refractivity contribution in [2.45, 2.75) is 4.90 Å². The fraction of sp³-hybridized carbons (Fsp3) is 0.143. The third-order valence-electron chi connectivity index (χ3n) is 1.22. The molecule has 2 N–H and O–H groups in total. The molecule has 59 valence electrons. The van der Waals surface area contributed by atoms with Gasteiger partial charge in [-0.3, -0.25) is 0 Å². The van der Waals surface area contributed by atoms with Gasteiger partial charge in [-0.2, -0.15) is 0 Å². The van der Waals surface area contributed by atoms with Crippen molar-refractivity contribution < 1.29 is 8.42 Å². The molecule has 0 spiro atoms. The first-order valence-corrected chi connectivity index (χ1v) is 4.87. The predicted molar refractivity (Wildman–Crippen MR) is 42.8 cm³/mol. The number of nitrogens with two attached hydrogens (primary N) is 1. The van der Waals surface area contributed by atoms with E-state index in [2.05, 4.69) is 6.07 Å². The van der Waals surface area contributed by atoms with E-state index in [1.54, 1.807) is 6.07 Å². The monoisotopic (exact) mass is 170 g/mol.